The highest BCUT2D eigenvalue weighted by atomic mass is 35.5. The average molecular weight is 291 g/mol. The van der Waals surface area contributed by atoms with Crippen LogP contribution in [0, 0.1) is 5.82 Å². The average Bonchev–Trinajstić information content (AvgIpc) is 2.85. The summed E-state index contributed by atoms with van der Waals surface area (Å²) in [5, 5.41) is 0.706. The van der Waals surface area contributed by atoms with Crippen LogP contribution >= 0.6 is 11.6 Å². The second-order valence-corrected chi connectivity index (χ2v) is 5.46. The highest BCUT2D eigenvalue weighted by Crippen LogP contribution is 2.35. The van der Waals surface area contributed by atoms with Crippen LogP contribution in [0.3, 0.4) is 0 Å². The molecule has 1 aliphatic heterocycles. The third kappa shape index (κ3) is 2.39. The normalized spacial score (nSPS) is 15.2. The Bertz CT molecular complexity index is 612. The molecule has 1 aliphatic rings. The van der Waals surface area contributed by atoms with E-state index in [2.05, 4.69) is 4.90 Å². The van der Waals surface area contributed by atoms with Gasteiger partial charge >= 0.3 is 0 Å². The Morgan fingerprint density at radius 2 is 1.95 bits per heavy atom. The summed E-state index contributed by atoms with van der Waals surface area (Å²) in [4.78, 5) is 2.18. The predicted molar refractivity (Wildman–Crippen MR) is 80.7 cm³/mol. The van der Waals surface area contributed by atoms with Crippen molar-refractivity contribution in [2.45, 2.75) is 12.5 Å². The molecule has 0 bridgehead atoms. The van der Waals surface area contributed by atoms with Crippen molar-refractivity contribution in [2.75, 3.05) is 18.0 Å². The topological polar surface area (TPSA) is 29.3 Å². The molecule has 0 aromatic heterocycles. The van der Waals surface area contributed by atoms with Gasteiger partial charge in [-0.1, -0.05) is 29.8 Å². The van der Waals surface area contributed by atoms with Gasteiger partial charge in [0.1, 0.15) is 5.82 Å². The van der Waals surface area contributed by atoms with Crippen LogP contribution in [-0.2, 0) is 6.42 Å². The summed E-state index contributed by atoms with van der Waals surface area (Å²) in [6.07, 6.45) is 0.930. The van der Waals surface area contributed by atoms with Gasteiger partial charge in [0.2, 0.25) is 0 Å². The molecule has 0 radical (unpaired) electrons. The maximum Gasteiger partial charge on any atom is 0.125 e. The Hall–Kier alpha value is -1.58. The molecule has 0 saturated carbocycles. The zero-order valence-corrected chi connectivity index (χ0v) is 11.8. The molecule has 2 aromatic rings. The van der Waals surface area contributed by atoms with Crippen molar-refractivity contribution in [2.24, 2.45) is 5.73 Å². The van der Waals surface area contributed by atoms with E-state index in [4.69, 9.17) is 17.3 Å². The molecular weight excluding hydrogens is 275 g/mol. The molecule has 0 amide bonds. The summed E-state index contributed by atoms with van der Waals surface area (Å²) in [6, 6.07) is 12.7. The Morgan fingerprint density at radius 3 is 2.65 bits per heavy atom. The molecule has 1 heterocycles. The molecule has 1 atom stereocenters. The predicted octanol–water partition coefficient (Wildman–Crippen LogP) is 3.54. The van der Waals surface area contributed by atoms with Crippen LogP contribution in [0.2, 0.25) is 5.02 Å². The Kier molecular flexibility index (Phi) is 3.64. The molecule has 0 spiro atoms. The molecule has 2 aromatic carbocycles. The van der Waals surface area contributed by atoms with E-state index in [-0.39, 0.29) is 11.9 Å². The smallest absolute Gasteiger partial charge is 0.125 e. The Labute approximate surface area is 123 Å². The van der Waals surface area contributed by atoms with Gasteiger partial charge in [0.15, 0.2) is 0 Å². The lowest BCUT2D eigenvalue weighted by molar-refractivity contribution is 0.621. The van der Waals surface area contributed by atoms with E-state index in [0.717, 1.165) is 24.2 Å². The first-order valence-electron chi connectivity index (χ1n) is 6.69. The van der Waals surface area contributed by atoms with Crippen molar-refractivity contribution >= 4 is 17.3 Å². The van der Waals surface area contributed by atoms with Crippen LogP contribution in [0.5, 0.6) is 0 Å². The van der Waals surface area contributed by atoms with Crippen molar-refractivity contribution in [1.82, 2.24) is 0 Å². The quantitative estimate of drug-likeness (QED) is 0.937. The van der Waals surface area contributed by atoms with Crippen LogP contribution in [-0.4, -0.2) is 13.1 Å². The zero-order chi connectivity index (χ0) is 14.1. The SMILES string of the molecule is NCC(c1ccc(Cl)cc1)N1CCc2ccc(F)cc21. The standard InChI is InChI=1S/C16H16ClFN2/c17-13-4-1-11(2-5-13)16(10-19)20-8-7-12-3-6-14(18)9-15(12)20/h1-6,9,16H,7-8,10,19H2. The minimum Gasteiger partial charge on any atom is -0.363 e. The molecule has 4 heteroatoms. The molecule has 2 nitrogen and oxygen atoms in total. The molecular formula is C16H16ClFN2. The van der Waals surface area contributed by atoms with E-state index >= 15 is 0 Å². The molecule has 2 N–H and O–H groups in total. The first-order valence-corrected chi connectivity index (χ1v) is 7.07. The van der Waals surface area contributed by atoms with E-state index in [1.807, 2.05) is 30.3 Å². The molecule has 1 unspecified atom stereocenters. The first kappa shape index (κ1) is 13.4. The maximum absolute atomic E-state index is 13.5. The van der Waals surface area contributed by atoms with Gasteiger partial charge in [0.25, 0.3) is 0 Å². The molecule has 0 fully saturated rings. The number of hydrogen-bond acceptors (Lipinski definition) is 2. The van der Waals surface area contributed by atoms with Gasteiger partial charge in [-0.2, -0.15) is 0 Å². The Morgan fingerprint density at radius 1 is 1.20 bits per heavy atom. The van der Waals surface area contributed by atoms with E-state index < -0.39 is 0 Å². The summed E-state index contributed by atoms with van der Waals surface area (Å²) in [5.41, 5.74) is 9.19. The van der Waals surface area contributed by atoms with Crippen LogP contribution in [0.25, 0.3) is 0 Å². The molecule has 0 aliphatic carbocycles. The number of nitrogens with two attached hydrogens (primary N) is 1. The largest absolute Gasteiger partial charge is 0.363 e. The highest BCUT2D eigenvalue weighted by Gasteiger charge is 2.26. The maximum atomic E-state index is 13.5. The van der Waals surface area contributed by atoms with Crippen molar-refractivity contribution in [3.8, 4) is 0 Å². The van der Waals surface area contributed by atoms with Crippen molar-refractivity contribution in [3.05, 3.63) is 64.4 Å². The van der Waals surface area contributed by atoms with Crippen molar-refractivity contribution in [1.29, 1.82) is 0 Å². The number of nitrogens with zero attached hydrogens (tertiary/aromatic N) is 1. The lowest BCUT2D eigenvalue weighted by Gasteiger charge is -2.30. The fourth-order valence-electron chi connectivity index (χ4n) is 2.83. The van der Waals surface area contributed by atoms with Gasteiger partial charge in [0, 0.05) is 23.8 Å². The van der Waals surface area contributed by atoms with Crippen molar-refractivity contribution < 1.29 is 4.39 Å². The molecule has 3 rings (SSSR count). The summed E-state index contributed by atoms with van der Waals surface area (Å²) in [5.74, 6) is -0.206. The van der Waals surface area contributed by atoms with Gasteiger partial charge in [-0.05, 0) is 41.8 Å². The van der Waals surface area contributed by atoms with E-state index in [0.29, 0.717) is 11.6 Å². The summed E-state index contributed by atoms with van der Waals surface area (Å²) in [7, 11) is 0. The fraction of sp³-hybridized carbons (Fsp3) is 0.250. The van der Waals surface area contributed by atoms with Crippen LogP contribution < -0.4 is 10.6 Å². The molecule has 0 saturated heterocycles. The number of halogens is 2. The minimum absolute atomic E-state index is 0.0512. The number of anilines is 1. The third-order valence-electron chi connectivity index (χ3n) is 3.83. The van der Waals surface area contributed by atoms with E-state index in [9.17, 15) is 4.39 Å². The van der Waals surface area contributed by atoms with Crippen LogP contribution in [0.4, 0.5) is 10.1 Å². The van der Waals surface area contributed by atoms with Gasteiger partial charge in [-0.15, -0.1) is 0 Å². The summed E-state index contributed by atoms with van der Waals surface area (Å²) >= 11 is 5.93. The van der Waals surface area contributed by atoms with Gasteiger partial charge in [0.05, 0.1) is 6.04 Å². The second kappa shape index (κ2) is 5.43. The van der Waals surface area contributed by atoms with Crippen LogP contribution in [0.1, 0.15) is 17.2 Å². The third-order valence-corrected chi connectivity index (χ3v) is 4.09. The van der Waals surface area contributed by atoms with Gasteiger partial charge in [-0.25, -0.2) is 4.39 Å². The van der Waals surface area contributed by atoms with E-state index in [1.54, 1.807) is 6.07 Å². The zero-order valence-electron chi connectivity index (χ0n) is 11.0. The summed E-state index contributed by atoms with van der Waals surface area (Å²) < 4.78 is 13.5. The number of hydrogen-bond donors (Lipinski definition) is 1. The van der Waals surface area contributed by atoms with Gasteiger partial charge in [-0.3, -0.25) is 0 Å². The fourth-order valence-corrected chi connectivity index (χ4v) is 2.96. The lowest BCUT2D eigenvalue weighted by Crippen LogP contribution is -2.32. The van der Waals surface area contributed by atoms with Crippen LogP contribution in [0.15, 0.2) is 42.5 Å². The molecule has 104 valence electrons. The monoisotopic (exact) mass is 290 g/mol. The molecule has 20 heavy (non-hydrogen) atoms. The van der Waals surface area contributed by atoms with E-state index in [1.165, 1.54) is 11.6 Å². The highest BCUT2D eigenvalue weighted by molar-refractivity contribution is 6.30. The van der Waals surface area contributed by atoms with Crippen molar-refractivity contribution in [3.63, 3.8) is 0 Å². The Balaban J connectivity index is 1.96. The lowest BCUT2D eigenvalue weighted by atomic mass is 10.1. The summed E-state index contributed by atoms with van der Waals surface area (Å²) in [6.45, 7) is 1.35. The number of fused-ring (bicyclic) bond motifs is 1. The number of benzene rings is 2. The first-order chi connectivity index (χ1) is 9.69. The minimum atomic E-state index is -0.206. The second-order valence-electron chi connectivity index (χ2n) is 5.02. The van der Waals surface area contributed by atoms with Gasteiger partial charge < -0.3 is 10.6 Å². The number of rotatable bonds is 3.